The van der Waals surface area contributed by atoms with E-state index in [0.29, 0.717) is 12.8 Å². The smallest absolute Gasteiger partial charge is 0.346 e. The average Bonchev–Trinajstić information content (AvgIpc) is 2.08. The van der Waals surface area contributed by atoms with Gasteiger partial charge in [0.05, 0.1) is 6.04 Å². The van der Waals surface area contributed by atoms with Crippen LogP contribution in [0.5, 0.6) is 0 Å². The van der Waals surface area contributed by atoms with Gasteiger partial charge in [0.25, 0.3) is 0 Å². The monoisotopic (exact) mass is 273 g/mol. The maximum atomic E-state index is 15.4. The Bertz CT molecular complexity index is 371. The van der Waals surface area contributed by atoms with E-state index in [2.05, 4.69) is 13.8 Å². The molecule has 0 aromatic heterocycles. The van der Waals surface area contributed by atoms with Gasteiger partial charge in [0, 0.05) is 5.41 Å². The highest BCUT2D eigenvalue weighted by Gasteiger charge is 2.62. The number of rotatable bonds is 1. The molecular formula is C15H28FNO2. The van der Waals surface area contributed by atoms with Crippen LogP contribution >= 0.6 is 0 Å². The third-order valence-corrected chi connectivity index (χ3v) is 3.88. The Morgan fingerprint density at radius 2 is 1.74 bits per heavy atom. The number of alkyl halides is 1. The molecular weight excluding hydrogens is 245 g/mol. The molecule has 2 atom stereocenters. The van der Waals surface area contributed by atoms with Gasteiger partial charge in [0.15, 0.2) is 0 Å². The first-order valence-electron chi connectivity index (χ1n) is 6.89. The van der Waals surface area contributed by atoms with Crippen molar-refractivity contribution in [3.63, 3.8) is 0 Å². The van der Waals surface area contributed by atoms with Crippen molar-refractivity contribution in [2.45, 2.75) is 78.6 Å². The van der Waals surface area contributed by atoms with E-state index in [4.69, 9.17) is 10.5 Å². The van der Waals surface area contributed by atoms with Crippen molar-refractivity contribution >= 4 is 5.97 Å². The molecule has 0 aromatic carbocycles. The molecule has 0 bridgehead atoms. The molecule has 1 aliphatic carbocycles. The lowest BCUT2D eigenvalue weighted by molar-refractivity contribution is -0.189. The third kappa shape index (κ3) is 3.10. The van der Waals surface area contributed by atoms with Gasteiger partial charge < -0.3 is 10.5 Å². The number of ether oxygens (including phenoxy) is 1. The van der Waals surface area contributed by atoms with Gasteiger partial charge in [0.2, 0.25) is 5.67 Å². The van der Waals surface area contributed by atoms with Gasteiger partial charge in [-0.1, -0.05) is 27.7 Å². The normalized spacial score (nSPS) is 33.8. The van der Waals surface area contributed by atoms with Gasteiger partial charge in [-0.25, -0.2) is 9.18 Å². The fourth-order valence-corrected chi connectivity index (χ4v) is 3.42. The lowest BCUT2D eigenvalue weighted by Gasteiger charge is -2.52. The van der Waals surface area contributed by atoms with Gasteiger partial charge in [0.1, 0.15) is 5.60 Å². The lowest BCUT2D eigenvalue weighted by Crippen LogP contribution is -2.65. The zero-order chi connectivity index (χ0) is 15.3. The molecule has 1 aliphatic rings. The second-order valence-electron chi connectivity index (χ2n) is 8.25. The van der Waals surface area contributed by atoms with Crippen LogP contribution in [0.3, 0.4) is 0 Å². The predicted molar refractivity (Wildman–Crippen MR) is 74.5 cm³/mol. The summed E-state index contributed by atoms with van der Waals surface area (Å²) in [6.07, 6.45) is 1.08. The Morgan fingerprint density at radius 3 is 2.11 bits per heavy atom. The molecule has 4 heteroatoms. The molecule has 0 saturated heterocycles. The first kappa shape index (κ1) is 16.4. The van der Waals surface area contributed by atoms with Crippen molar-refractivity contribution in [3.05, 3.63) is 0 Å². The van der Waals surface area contributed by atoms with E-state index >= 15 is 4.39 Å². The number of esters is 1. The van der Waals surface area contributed by atoms with Crippen LogP contribution in [-0.2, 0) is 9.53 Å². The quantitative estimate of drug-likeness (QED) is 0.746. The van der Waals surface area contributed by atoms with Gasteiger partial charge in [-0.2, -0.15) is 0 Å². The summed E-state index contributed by atoms with van der Waals surface area (Å²) in [4.78, 5) is 12.3. The van der Waals surface area contributed by atoms with Crippen LogP contribution < -0.4 is 5.73 Å². The minimum Gasteiger partial charge on any atom is -0.458 e. The van der Waals surface area contributed by atoms with Crippen molar-refractivity contribution in [2.75, 3.05) is 0 Å². The van der Waals surface area contributed by atoms with Crippen molar-refractivity contribution < 1.29 is 13.9 Å². The highest BCUT2D eigenvalue weighted by molar-refractivity contribution is 5.82. The summed E-state index contributed by atoms with van der Waals surface area (Å²) in [6, 6.07) is -0.832. The van der Waals surface area contributed by atoms with E-state index < -0.39 is 28.7 Å². The van der Waals surface area contributed by atoms with Gasteiger partial charge >= 0.3 is 5.97 Å². The minimum absolute atomic E-state index is 0.0689. The van der Waals surface area contributed by atoms with Crippen LogP contribution in [-0.4, -0.2) is 23.3 Å². The van der Waals surface area contributed by atoms with Gasteiger partial charge in [-0.15, -0.1) is 0 Å². The molecule has 2 N–H and O–H groups in total. The topological polar surface area (TPSA) is 52.3 Å². The zero-order valence-corrected chi connectivity index (χ0v) is 13.3. The third-order valence-electron chi connectivity index (χ3n) is 3.88. The predicted octanol–water partition coefficient (Wildman–Crippen LogP) is 3.21. The van der Waals surface area contributed by atoms with E-state index in [-0.39, 0.29) is 5.41 Å². The second-order valence-corrected chi connectivity index (χ2v) is 8.25. The lowest BCUT2D eigenvalue weighted by atomic mass is 9.56. The van der Waals surface area contributed by atoms with Crippen molar-refractivity contribution in [1.82, 2.24) is 0 Å². The van der Waals surface area contributed by atoms with Crippen LogP contribution in [0.2, 0.25) is 0 Å². The van der Waals surface area contributed by atoms with E-state index in [1.165, 1.54) is 0 Å². The molecule has 0 amide bonds. The van der Waals surface area contributed by atoms with Gasteiger partial charge in [-0.3, -0.25) is 0 Å². The van der Waals surface area contributed by atoms with Crippen molar-refractivity contribution in [2.24, 2.45) is 16.6 Å². The average molecular weight is 273 g/mol. The summed E-state index contributed by atoms with van der Waals surface area (Å²) in [5, 5.41) is 0. The van der Waals surface area contributed by atoms with Crippen molar-refractivity contribution in [1.29, 1.82) is 0 Å². The Hall–Kier alpha value is -0.640. The number of halogens is 1. The standard InChI is InChI=1S/C15H28FNO2/c1-12(2,3)19-11(18)15(16)10(17)8-13(4,5)9-14(15,6)7/h10H,8-9,17H2,1-7H3. The van der Waals surface area contributed by atoms with Crippen LogP contribution in [0.25, 0.3) is 0 Å². The van der Waals surface area contributed by atoms with E-state index in [1.807, 2.05) is 0 Å². The Kier molecular flexibility index (Phi) is 3.83. The summed E-state index contributed by atoms with van der Waals surface area (Å²) in [7, 11) is 0. The van der Waals surface area contributed by atoms with E-state index in [9.17, 15) is 4.79 Å². The molecule has 2 unspecified atom stereocenters. The summed E-state index contributed by atoms with van der Waals surface area (Å²) in [5.74, 6) is -0.826. The highest BCUT2D eigenvalue weighted by Crippen LogP contribution is 2.53. The summed E-state index contributed by atoms with van der Waals surface area (Å²) >= 11 is 0. The number of carbonyl (C=O) groups is 1. The van der Waals surface area contributed by atoms with Gasteiger partial charge in [-0.05, 0) is 39.0 Å². The molecule has 1 rings (SSSR count). The summed E-state index contributed by atoms with van der Waals surface area (Å²) in [5.41, 5.74) is 2.26. The Labute approximate surface area is 116 Å². The summed E-state index contributed by atoms with van der Waals surface area (Å²) < 4.78 is 20.7. The molecule has 0 aromatic rings. The van der Waals surface area contributed by atoms with Crippen LogP contribution in [0.1, 0.15) is 61.3 Å². The van der Waals surface area contributed by atoms with Crippen LogP contribution in [0.15, 0.2) is 0 Å². The highest BCUT2D eigenvalue weighted by atomic mass is 19.1. The summed E-state index contributed by atoms with van der Waals surface area (Å²) in [6.45, 7) is 12.8. The van der Waals surface area contributed by atoms with E-state index in [1.54, 1.807) is 34.6 Å². The molecule has 19 heavy (non-hydrogen) atoms. The first-order chi connectivity index (χ1) is 8.21. The molecule has 1 fully saturated rings. The molecule has 0 heterocycles. The molecule has 0 spiro atoms. The first-order valence-corrected chi connectivity index (χ1v) is 6.89. The van der Waals surface area contributed by atoms with Crippen LogP contribution in [0.4, 0.5) is 4.39 Å². The fourth-order valence-electron chi connectivity index (χ4n) is 3.42. The molecule has 0 aliphatic heterocycles. The molecule has 0 radical (unpaired) electrons. The number of carbonyl (C=O) groups excluding carboxylic acids is 1. The maximum absolute atomic E-state index is 15.4. The molecule has 1 saturated carbocycles. The van der Waals surface area contributed by atoms with E-state index in [0.717, 1.165) is 0 Å². The Balaban J connectivity index is 3.11. The maximum Gasteiger partial charge on any atom is 0.346 e. The number of hydrogen-bond donors (Lipinski definition) is 1. The number of nitrogens with two attached hydrogens (primary N) is 1. The molecule has 112 valence electrons. The molecule has 3 nitrogen and oxygen atoms in total. The van der Waals surface area contributed by atoms with Crippen LogP contribution in [0, 0.1) is 10.8 Å². The second kappa shape index (κ2) is 4.44. The largest absolute Gasteiger partial charge is 0.458 e. The zero-order valence-electron chi connectivity index (χ0n) is 13.3. The minimum atomic E-state index is -2.13. The number of hydrogen-bond acceptors (Lipinski definition) is 3. The van der Waals surface area contributed by atoms with Crippen molar-refractivity contribution in [3.8, 4) is 0 Å². The SMILES string of the molecule is CC1(C)CC(N)C(F)(C(=O)OC(C)(C)C)C(C)(C)C1. The Morgan fingerprint density at radius 1 is 1.26 bits per heavy atom. The fraction of sp³-hybridized carbons (Fsp3) is 0.933.